The van der Waals surface area contributed by atoms with Gasteiger partial charge in [0.05, 0.1) is 30.3 Å². The molecule has 0 aliphatic carbocycles. The maximum Gasteiger partial charge on any atom is 0.240 e. The number of fused-ring (bicyclic) bond motifs is 2. The number of nitrogens with one attached hydrogen (secondary N) is 1. The second-order valence-corrected chi connectivity index (χ2v) is 8.71. The van der Waals surface area contributed by atoms with Gasteiger partial charge >= 0.3 is 0 Å². The molecule has 1 N–H and O–H groups in total. The molecule has 144 valence electrons. The van der Waals surface area contributed by atoms with E-state index in [0.717, 1.165) is 11.1 Å². The fraction of sp³-hybridized carbons (Fsp3) is 0.400. The number of ether oxygens (including phenoxy) is 3. The molecule has 6 nitrogen and oxygen atoms in total. The van der Waals surface area contributed by atoms with Gasteiger partial charge in [0.15, 0.2) is 6.29 Å². The molecule has 0 spiro atoms. The smallest absolute Gasteiger partial charge is 0.240 e. The highest BCUT2D eigenvalue weighted by Crippen LogP contribution is 2.31. The average Bonchev–Trinajstić information content (AvgIpc) is 3.05. The summed E-state index contributed by atoms with van der Waals surface area (Å²) in [6, 6.07) is 16.1. The largest absolute Gasteiger partial charge is 0.367 e. The van der Waals surface area contributed by atoms with Gasteiger partial charge in [-0.25, -0.2) is 13.1 Å². The quantitative estimate of drug-likeness (QED) is 0.821. The highest BCUT2D eigenvalue weighted by atomic mass is 32.2. The highest BCUT2D eigenvalue weighted by Gasteiger charge is 2.46. The molecule has 2 aliphatic rings. The van der Waals surface area contributed by atoms with E-state index in [0.29, 0.717) is 19.6 Å². The van der Waals surface area contributed by atoms with Crippen molar-refractivity contribution in [2.75, 3.05) is 6.61 Å². The van der Waals surface area contributed by atoms with Crippen LogP contribution in [0.15, 0.2) is 59.5 Å². The summed E-state index contributed by atoms with van der Waals surface area (Å²) in [6.07, 6.45) is -0.666. The van der Waals surface area contributed by atoms with Crippen LogP contribution in [-0.2, 0) is 30.8 Å². The van der Waals surface area contributed by atoms with E-state index in [2.05, 4.69) is 4.72 Å². The van der Waals surface area contributed by atoms with Crippen LogP contribution in [0, 0.1) is 6.92 Å². The monoisotopic (exact) mass is 389 g/mol. The fourth-order valence-corrected chi connectivity index (χ4v) is 4.69. The number of benzene rings is 2. The Labute approximate surface area is 159 Å². The molecule has 4 rings (SSSR count). The Morgan fingerprint density at radius 3 is 2.59 bits per heavy atom. The first-order chi connectivity index (χ1) is 13.0. The molecule has 2 aromatic carbocycles. The van der Waals surface area contributed by atoms with Crippen LogP contribution in [0.2, 0.25) is 0 Å². The van der Waals surface area contributed by atoms with Gasteiger partial charge in [0.25, 0.3) is 0 Å². The lowest BCUT2D eigenvalue weighted by Crippen LogP contribution is -2.54. The Morgan fingerprint density at radius 2 is 1.85 bits per heavy atom. The van der Waals surface area contributed by atoms with Crippen molar-refractivity contribution in [1.82, 2.24) is 4.72 Å². The van der Waals surface area contributed by atoms with Gasteiger partial charge in [-0.2, -0.15) is 0 Å². The standard InChI is InChI=1S/C20H23NO5S/c1-14-7-9-17(10-8-14)27(22,23)21-18-11-16-13-25-20(26-16)19(18)24-12-15-5-3-2-4-6-15/h2-10,16,18-21H,11-13H2,1H3/t16-,18-,19+,20+/m0/s1. The minimum Gasteiger partial charge on any atom is -0.367 e. The lowest BCUT2D eigenvalue weighted by atomic mass is 10.0. The molecule has 0 radical (unpaired) electrons. The van der Waals surface area contributed by atoms with Crippen molar-refractivity contribution >= 4 is 10.0 Å². The van der Waals surface area contributed by atoms with Crippen LogP contribution in [0.4, 0.5) is 0 Å². The van der Waals surface area contributed by atoms with E-state index in [1.165, 1.54) is 0 Å². The van der Waals surface area contributed by atoms with Gasteiger partial charge in [-0.3, -0.25) is 0 Å². The number of aryl methyl sites for hydroxylation is 1. The Bertz CT molecular complexity index is 869. The Kier molecular flexibility index (Phi) is 5.29. The molecule has 0 amide bonds. The molecule has 0 aromatic heterocycles. The van der Waals surface area contributed by atoms with Gasteiger partial charge in [-0.05, 0) is 31.0 Å². The predicted octanol–water partition coefficient (Wildman–Crippen LogP) is 2.37. The molecule has 2 fully saturated rings. The van der Waals surface area contributed by atoms with Crippen LogP contribution in [-0.4, -0.2) is 39.6 Å². The van der Waals surface area contributed by atoms with Gasteiger partial charge in [0, 0.05) is 0 Å². The van der Waals surface area contributed by atoms with Crippen molar-refractivity contribution < 1.29 is 22.6 Å². The summed E-state index contributed by atoms with van der Waals surface area (Å²) >= 11 is 0. The number of hydrogen-bond donors (Lipinski definition) is 1. The number of sulfonamides is 1. The lowest BCUT2D eigenvalue weighted by molar-refractivity contribution is -0.185. The van der Waals surface area contributed by atoms with Crippen LogP contribution in [0.25, 0.3) is 0 Å². The van der Waals surface area contributed by atoms with Gasteiger partial charge in [-0.15, -0.1) is 0 Å². The van der Waals surface area contributed by atoms with Crippen molar-refractivity contribution in [3.63, 3.8) is 0 Å². The molecule has 2 aromatic rings. The van der Waals surface area contributed by atoms with Crippen molar-refractivity contribution in [2.45, 2.75) is 49.4 Å². The highest BCUT2D eigenvalue weighted by molar-refractivity contribution is 7.89. The summed E-state index contributed by atoms with van der Waals surface area (Å²) in [5, 5.41) is 0. The van der Waals surface area contributed by atoms with E-state index in [1.54, 1.807) is 24.3 Å². The third-order valence-electron chi connectivity index (χ3n) is 4.88. The van der Waals surface area contributed by atoms with E-state index in [1.807, 2.05) is 37.3 Å². The topological polar surface area (TPSA) is 73.9 Å². The SMILES string of the molecule is Cc1ccc(S(=O)(=O)N[C@H]2C[C@H]3CO[C@H](O3)[C@@H]2OCc2ccccc2)cc1. The molecule has 2 bridgehead atoms. The molecule has 4 atom stereocenters. The summed E-state index contributed by atoms with van der Waals surface area (Å²) in [5.41, 5.74) is 2.02. The summed E-state index contributed by atoms with van der Waals surface area (Å²) in [7, 11) is -3.65. The summed E-state index contributed by atoms with van der Waals surface area (Å²) in [5.74, 6) is 0. The van der Waals surface area contributed by atoms with Crippen LogP contribution in [0.1, 0.15) is 17.5 Å². The normalized spacial score (nSPS) is 27.6. The molecular formula is C20H23NO5S. The van der Waals surface area contributed by atoms with Crippen LogP contribution < -0.4 is 4.72 Å². The van der Waals surface area contributed by atoms with E-state index in [4.69, 9.17) is 14.2 Å². The van der Waals surface area contributed by atoms with E-state index >= 15 is 0 Å². The van der Waals surface area contributed by atoms with Gasteiger partial charge < -0.3 is 14.2 Å². The third-order valence-corrected chi connectivity index (χ3v) is 6.38. The Morgan fingerprint density at radius 1 is 1.11 bits per heavy atom. The van der Waals surface area contributed by atoms with Crippen LogP contribution in [0.5, 0.6) is 0 Å². The lowest BCUT2D eigenvalue weighted by Gasteiger charge is -2.35. The first kappa shape index (κ1) is 18.6. The molecule has 2 saturated heterocycles. The molecule has 0 unspecified atom stereocenters. The van der Waals surface area contributed by atoms with Crippen molar-refractivity contribution in [3.8, 4) is 0 Å². The molecule has 27 heavy (non-hydrogen) atoms. The molecule has 2 heterocycles. The summed E-state index contributed by atoms with van der Waals surface area (Å²) < 4.78 is 45.9. The average molecular weight is 389 g/mol. The second-order valence-electron chi connectivity index (χ2n) is 7.00. The zero-order valence-electron chi connectivity index (χ0n) is 15.1. The summed E-state index contributed by atoms with van der Waals surface area (Å²) in [4.78, 5) is 0.245. The number of rotatable bonds is 6. The number of hydrogen-bond acceptors (Lipinski definition) is 5. The van der Waals surface area contributed by atoms with Crippen LogP contribution in [0.3, 0.4) is 0 Å². The Hall–Kier alpha value is -1.77. The molecule has 7 heteroatoms. The van der Waals surface area contributed by atoms with E-state index < -0.39 is 28.5 Å². The van der Waals surface area contributed by atoms with Gasteiger partial charge in [-0.1, -0.05) is 48.0 Å². The zero-order chi connectivity index (χ0) is 18.9. The molecule has 0 saturated carbocycles. The van der Waals surface area contributed by atoms with Crippen molar-refractivity contribution in [1.29, 1.82) is 0 Å². The second kappa shape index (κ2) is 7.69. The fourth-order valence-electron chi connectivity index (χ4n) is 3.43. The predicted molar refractivity (Wildman–Crippen MR) is 99.5 cm³/mol. The minimum absolute atomic E-state index is 0.114. The maximum absolute atomic E-state index is 12.8. The molecular weight excluding hydrogens is 366 g/mol. The Balaban J connectivity index is 1.51. The maximum atomic E-state index is 12.8. The van der Waals surface area contributed by atoms with Gasteiger partial charge in [0.1, 0.15) is 6.10 Å². The third kappa shape index (κ3) is 4.23. The zero-order valence-corrected chi connectivity index (χ0v) is 15.9. The van der Waals surface area contributed by atoms with Gasteiger partial charge in [0.2, 0.25) is 10.0 Å². The van der Waals surface area contributed by atoms with Crippen LogP contribution >= 0.6 is 0 Å². The first-order valence-corrected chi connectivity index (χ1v) is 10.5. The minimum atomic E-state index is -3.65. The van der Waals surface area contributed by atoms with Crippen molar-refractivity contribution in [3.05, 3.63) is 65.7 Å². The van der Waals surface area contributed by atoms with Crippen molar-refractivity contribution in [2.24, 2.45) is 0 Å². The molecule has 2 aliphatic heterocycles. The summed E-state index contributed by atoms with van der Waals surface area (Å²) in [6.45, 7) is 2.74. The van der Waals surface area contributed by atoms with E-state index in [-0.39, 0.29) is 11.0 Å². The first-order valence-electron chi connectivity index (χ1n) is 9.03. The van der Waals surface area contributed by atoms with E-state index in [9.17, 15) is 8.42 Å².